The second-order valence-corrected chi connectivity index (χ2v) is 10.3. The molecule has 11 heteroatoms. The van der Waals surface area contributed by atoms with Gasteiger partial charge in [-0.15, -0.1) is 11.3 Å². The number of nitrogen functional groups attached to an aromatic ring is 1. The van der Waals surface area contributed by atoms with Crippen LogP contribution in [0.4, 0.5) is 17.3 Å². The maximum absolute atomic E-state index is 13.2. The van der Waals surface area contributed by atoms with Crippen molar-refractivity contribution in [3.63, 3.8) is 0 Å². The molecule has 0 aliphatic rings. The fourth-order valence-corrected chi connectivity index (χ4v) is 4.86. The number of thiophene rings is 1. The van der Waals surface area contributed by atoms with Crippen molar-refractivity contribution in [2.75, 3.05) is 24.3 Å². The van der Waals surface area contributed by atoms with Gasteiger partial charge in [-0.25, -0.2) is 4.98 Å². The van der Waals surface area contributed by atoms with Gasteiger partial charge in [-0.05, 0) is 63.8 Å². The van der Waals surface area contributed by atoms with Crippen molar-refractivity contribution in [1.82, 2.24) is 19.7 Å². The lowest BCUT2D eigenvalue weighted by atomic mass is 10.1. The van der Waals surface area contributed by atoms with E-state index in [2.05, 4.69) is 29.3 Å². The van der Waals surface area contributed by atoms with E-state index in [9.17, 15) is 4.79 Å². The molecule has 3 N–H and O–H groups in total. The minimum atomic E-state index is -0.271. The fraction of sp³-hybridized carbons (Fsp3) is 0.423. The van der Waals surface area contributed by atoms with Gasteiger partial charge in [0.05, 0.1) is 32.2 Å². The molecule has 0 atom stereocenters. The molecule has 196 valence electrons. The van der Waals surface area contributed by atoms with Crippen LogP contribution in [0.1, 0.15) is 56.0 Å². The number of fused-ring (bicyclic) bond motifs is 1. The van der Waals surface area contributed by atoms with Gasteiger partial charge in [-0.3, -0.25) is 15.1 Å². The number of hydrogen-bond acceptors (Lipinski definition) is 9. The molecule has 0 aliphatic carbocycles. The summed E-state index contributed by atoms with van der Waals surface area (Å²) < 4.78 is 12.7. The maximum Gasteiger partial charge on any atom is 0.268 e. The van der Waals surface area contributed by atoms with Gasteiger partial charge in [0.15, 0.2) is 5.82 Å². The standard InChI is InChI=1S/C26H33N7O3S/c1-6-35-11-7-10-33-21-14-19(28-16(4)12-15(2)3)18(27)13-20(21)30-26(33)31-24(34)22-8-9-23(37-22)25-29-17(5)32-36-25/h8-9,13-15H,6-7,10-12,27H2,1-5H3,(H,30,31,34). The van der Waals surface area contributed by atoms with Crippen molar-refractivity contribution >= 4 is 51.3 Å². The number of carbonyl (C=O) groups excluding carboxylic acids is 1. The molecule has 3 heterocycles. The number of imidazole rings is 1. The maximum atomic E-state index is 13.2. The third kappa shape index (κ3) is 6.41. The van der Waals surface area contributed by atoms with Crippen LogP contribution in [0.25, 0.3) is 21.8 Å². The van der Waals surface area contributed by atoms with E-state index in [4.69, 9.17) is 25.0 Å². The van der Waals surface area contributed by atoms with Crippen molar-refractivity contribution in [1.29, 1.82) is 0 Å². The SMILES string of the molecule is CCOCCCn1c(NC(=O)c2ccc(-c3nc(C)no3)s2)nc2cc(N)c(N=C(C)CC(C)C)cc21. The first-order valence-corrected chi connectivity index (χ1v) is 13.2. The molecule has 0 aliphatic heterocycles. The molecule has 0 unspecified atom stereocenters. The number of ether oxygens (including phenoxy) is 1. The third-order valence-electron chi connectivity index (χ3n) is 5.58. The van der Waals surface area contributed by atoms with Crippen molar-refractivity contribution in [2.45, 2.75) is 54.0 Å². The van der Waals surface area contributed by atoms with Gasteiger partial charge in [-0.2, -0.15) is 4.98 Å². The Morgan fingerprint density at radius 1 is 1.30 bits per heavy atom. The molecule has 1 amide bonds. The first-order chi connectivity index (χ1) is 17.7. The highest BCUT2D eigenvalue weighted by Crippen LogP contribution is 2.32. The average molecular weight is 524 g/mol. The summed E-state index contributed by atoms with van der Waals surface area (Å²) in [6, 6.07) is 7.28. The molecule has 10 nitrogen and oxygen atoms in total. The van der Waals surface area contributed by atoms with Gasteiger partial charge >= 0.3 is 0 Å². The Balaban J connectivity index is 1.65. The number of anilines is 2. The number of nitrogens with zero attached hydrogens (tertiary/aromatic N) is 5. The number of nitrogens with one attached hydrogen (secondary N) is 1. The summed E-state index contributed by atoms with van der Waals surface area (Å²) in [4.78, 5) is 28.1. The predicted octanol–water partition coefficient (Wildman–Crippen LogP) is 5.86. The van der Waals surface area contributed by atoms with Crippen LogP contribution in [0, 0.1) is 12.8 Å². The van der Waals surface area contributed by atoms with E-state index in [1.807, 2.05) is 30.5 Å². The Labute approximate surface area is 219 Å². The number of nitrogens with two attached hydrogens (primary N) is 1. The van der Waals surface area contributed by atoms with Crippen LogP contribution in [0.3, 0.4) is 0 Å². The van der Waals surface area contributed by atoms with Gasteiger partial charge in [0, 0.05) is 25.5 Å². The van der Waals surface area contributed by atoms with E-state index in [1.165, 1.54) is 11.3 Å². The topological polar surface area (TPSA) is 133 Å². The number of carbonyl (C=O) groups is 1. The minimum Gasteiger partial charge on any atom is -0.397 e. The molecule has 1 aromatic carbocycles. The van der Waals surface area contributed by atoms with Crippen LogP contribution >= 0.6 is 11.3 Å². The summed E-state index contributed by atoms with van der Waals surface area (Å²) >= 11 is 1.28. The zero-order valence-corrected chi connectivity index (χ0v) is 22.7. The van der Waals surface area contributed by atoms with Gasteiger partial charge in [-0.1, -0.05) is 19.0 Å². The lowest BCUT2D eigenvalue weighted by Crippen LogP contribution is -2.15. The lowest BCUT2D eigenvalue weighted by Gasteiger charge is -2.11. The van der Waals surface area contributed by atoms with Gasteiger partial charge in [0.25, 0.3) is 11.8 Å². The summed E-state index contributed by atoms with van der Waals surface area (Å²) in [5, 5.41) is 6.79. The summed E-state index contributed by atoms with van der Waals surface area (Å²) in [6.45, 7) is 11.9. The normalized spacial score (nSPS) is 12.1. The lowest BCUT2D eigenvalue weighted by molar-refractivity contribution is 0.102. The quantitative estimate of drug-likeness (QED) is 0.143. The second-order valence-electron chi connectivity index (χ2n) is 9.25. The second kappa shape index (κ2) is 11.7. The summed E-state index contributed by atoms with van der Waals surface area (Å²) in [7, 11) is 0. The summed E-state index contributed by atoms with van der Waals surface area (Å²) in [6.07, 6.45) is 1.65. The van der Waals surface area contributed by atoms with E-state index in [-0.39, 0.29) is 5.91 Å². The molecule has 37 heavy (non-hydrogen) atoms. The highest BCUT2D eigenvalue weighted by molar-refractivity contribution is 7.17. The monoisotopic (exact) mass is 523 g/mol. The highest BCUT2D eigenvalue weighted by Gasteiger charge is 2.19. The van der Waals surface area contributed by atoms with E-state index >= 15 is 0 Å². The molecular weight excluding hydrogens is 490 g/mol. The average Bonchev–Trinajstić information content (AvgIpc) is 3.56. The van der Waals surface area contributed by atoms with Gasteiger partial charge in [0.1, 0.15) is 0 Å². The number of hydrogen-bond donors (Lipinski definition) is 2. The third-order valence-corrected chi connectivity index (χ3v) is 6.65. The molecule has 0 fully saturated rings. The van der Waals surface area contributed by atoms with Crippen molar-refractivity contribution in [3.8, 4) is 10.8 Å². The molecule has 0 bridgehead atoms. The van der Waals surface area contributed by atoms with Crippen LogP contribution in [-0.2, 0) is 11.3 Å². The molecule has 0 saturated carbocycles. The van der Waals surface area contributed by atoms with Crippen LogP contribution in [0.15, 0.2) is 33.8 Å². The van der Waals surface area contributed by atoms with Crippen LogP contribution < -0.4 is 11.1 Å². The van der Waals surface area contributed by atoms with Crippen LogP contribution in [0.5, 0.6) is 0 Å². The van der Waals surface area contributed by atoms with Crippen molar-refractivity contribution < 1.29 is 14.1 Å². The molecule has 0 spiro atoms. The number of aryl methyl sites for hydroxylation is 2. The van der Waals surface area contributed by atoms with E-state index in [1.54, 1.807) is 19.1 Å². The summed E-state index contributed by atoms with van der Waals surface area (Å²) in [5.74, 6) is 1.60. The smallest absolute Gasteiger partial charge is 0.268 e. The fourth-order valence-electron chi connectivity index (χ4n) is 4.04. The van der Waals surface area contributed by atoms with Gasteiger partial charge in [0.2, 0.25) is 5.95 Å². The minimum absolute atomic E-state index is 0.271. The summed E-state index contributed by atoms with van der Waals surface area (Å²) in [5.41, 5.74) is 10.1. The first kappa shape index (κ1) is 26.5. The highest BCUT2D eigenvalue weighted by atomic mass is 32.1. The molecular formula is C26H33N7O3S. The molecule has 4 aromatic rings. The van der Waals surface area contributed by atoms with Crippen molar-refractivity contribution in [3.05, 3.63) is 35.0 Å². The first-order valence-electron chi connectivity index (χ1n) is 12.4. The molecule has 0 radical (unpaired) electrons. The number of amides is 1. The Hall–Kier alpha value is -3.57. The number of aromatic nitrogens is 4. The number of benzene rings is 1. The largest absolute Gasteiger partial charge is 0.397 e. The van der Waals surface area contributed by atoms with E-state index in [0.29, 0.717) is 65.1 Å². The number of rotatable bonds is 11. The Kier molecular flexibility index (Phi) is 8.34. The Morgan fingerprint density at radius 2 is 2.11 bits per heavy atom. The molecule has 0 saturated heterocycles. The molecule has 3 aromatic heterocycles. The van der Waals surface area contributed by atoms with E-state index < -0.39 is 0 Å². The predicted molar refractivity (Wildman–Crippen MR) is 148 cm³/mol. The molecule has 4 rings (SSSR count). The van der Waals surface area contributed by atoms with E-state index in [0.717, 1.165) is 28.9 Å². The zero-order chi connectivity index (χ0) is 26.5. The number of aliphatic imine (C=N–C) groups is 1. The zero-order valence-electron chi connectivity index (χ0n) is 21.9. The Bertz CT molecular complexity index is 1420. The van der Waals surface area contributed by atoms with Gasteiger partial charge < -0.3 is 19.6 Å². The van der Waals surface area contributed by atoms with Crippen LogP contribution in [0.2, 0.25) is 0 Å². The van der Waals surface area contributed by atoms with Crippen molar-refractivity contribution in [2.24, 2.45) is 10.9 Å². The Morgan fingerprint density at radius 3 is 2.81 bits per heavy atom. The van der Waals surface area contributed by atoms with Crippen LogP contribution in [-0.4, -0.2) is 44.5 Å².